The molecule has 1 aromatic rings. The molecule has 6 nitrogen and oxygen atoms in total. The van der Waals surface area contributed by atoms with Gasteiger partial charge in [-0.25, -0.2) is 8.42 Å². The normalized spacial score (nSPS) is 20.0. The van der Waals surface area contributed by atoms with Gasteiger partial charge in [-0.05, 0) is 18.9 Å². The second-order valence-electron chi connectivity index (χ2n) is 4.63. The summed E-state index contributed by atoms with van der Waals surface area (Å²) < 4.78 is 71.7. The summed E-state index contributed by atoms with van der Waals surface area (Å²) in [6.45, 7) is -0.297. The van der Waals surface area contributed by atoms with Crippen LogP contribution in [0.2, 0.25) is 0 Å². The minimum Gasteiger partial charge on any atom is -0.381 e. The molecular formula is C10H14F3N3O3S. The first kappa shape index (κ1) is 15.3. The first-order chi connectivity index (χ1) is 9.16. The van der Waals surface area contributed by atoms with Gasteiger partial charge >= 0.3 is 6.18 Å². The number of hydrogen-bond acceptors (Lipinski definition) is 4. The van der Waals surface area contributed by atoms with E-state index in [-0.39, 0.29) is 13.2 Å². The highest BCUT2D eigenvalue weighted by molar-refractivity contribution is 7.89. The predicted molar refractivity (Wildman–Crippen MR) is 62.4 cm³/mol. The fourth-order valence-electron chi connectivity index (χ4n) is 2.01. The summed E-state index contributed by atoms with van der Waals surface area (Å²) in [5, 5.41) is 3.19. The van der Waals surface area contributed by atoms with E-state index in [0.29, 0.717) is 0 Å². The summed E-state index contributed by atoms with van der Waals surface area (Å²) in [5.41, 5.74) is -2.50. The number of nitrogens with one attached hydrogen (secondary N) is 1. The Hall–Kier alpha value is -1.13. The molecule has 20 heavy (non-hydrogen) atoms. The van der Waals surface area contributed by atoms with Gasteiger partial charge in [0.25, 0.3) is 10.0 Å². The predicted octanol–water partition coefficient (Wildman–Crippen LogP) is 0.810. The van der Waals surface area contributed by atoms with Gasteiger partial charge in [0.2, 0.25) is 0 Å². The lowest BCUT2D eigenvalue weighted by molar-refractivity contribution is -0.210. The average Bonchev–Trinajstić information content (AvgIpc) is 2.76. The molecule has 1 aliphatic heterocycles. The highest BCUT2D eigenvalue weighted by atomic mass is 32.2. The molecule has 1 fully saturated rings. The Balaban J connectivity index is 2.33. The lowest BCUT2D eigenvalue weighted by Gasteiger charge is -2.38. The lowest BCUT2D eigenvalue weighted by Crippen LogP contribution is -2.61. The fourth-order valence-corrected chi connectivity index (χ4v) is 3.42. The van der Waals surface area contributed by atoms with Crippen molar-refractivity contribution < 1.29 is 26.3 Å². The molecule has 0 aromatic carbocycles. The van der Waals surface area contributed by atoms with Crippen LogP contribution in [-0.2, 0) is 21.8 Å². The van der Waals surface area contributed by atoms with Crippen LogP contribution in [0.3, 0.4) is 0 Å². The van der Waals surface area contributed by atoms with Gasteiger partial charge in [-0.2, -0.15) is 23.0 Å². The van der Waals surface area contributed by atoms with Gasteiger partial charge in [-0.3, -0.25) is 4.68 Å². The second-order valence-corrected chi connectivity index (χ2v) is 6.25. The third-order valence-corrected chi connectivity index (χ3v) is 4.61. The maximum absolute atomic E-state index is 13.2. The number of aromatic nitrogens is 2. The summed E-state index contributed by atoms with van der Waals surface area (Å²) in [7, 11) is -2.86. The summed E-state index contributed by atoms with van der Waals surface area (Å²) in [4.78, 5) is 0. The number of sulfonamides is 1. The molecule has 0 spiro atoms. The smallest absolute Gasteiger partial charge is 0.381 e. The summed E-state index contributed by atoms with van der Waals surface area (Å²) >= 11 is 0. The Morgan fingerprint density at radius 1 is 1.40 bits per heavy atom. The SMILES string of the molecule is Cn1ccc(S(=O)(=O)NC2(C(F)(F)F)CCOCC2)n1. The van der Waals surface area contributed by atoms with E-state index in [9.17, 15) is 21.6 Å². The molecule has 0 atom stereocenters. The highest BCUT2D eigenvalue weighted by Gasteiger charge is 2.57. The van der Waals surface area contributed by atoms with Crippen molar-refractivity contribution in [3.05, 3.63) is 12.3 Å². The summed E-state index contributed by atoms with van der Waals surface area (Å²) in [5.74, 6) is 0. The molecule has 114 valence electrons. The van der Waals surface area contributed by atoms with Gasteiger partial charge in [-0.15, -0.1) is 0 Å². The number of hydrogen-bond donors (Lipinski definition) is 1. The van der Waals surface area contributed by atoms with E-state index in [0.717, 1.165) is 6.07 Å². The lowest BCUT2D eigenvalue weighted by atomic mass is 9.91. The van der Waals surface area contributed by atoms with Crippen LogP contribution < -0.4 is 4.72 Å². The molecule has 2 heterocycles. The van der Waals surface area contributed by atoms with Gasteiger partial charge in [0.05, 0.1) is 0 Å². The van der Waals surface area contributed by atoms with Crippen molar-refractivity contribution >= 4 is 10.0 Å². The maximum atomic E-state index is 13.2. The van der Waals surface area contributed by atoms with Gasteiger partial charge in [0.15, 0.2) is 5.03 Å². The highest BCUT2D eigenvalue weighted by Crippen LogP contribution is 2.39. The Labute approximate surface area is 114 Å². The largest absolute Gasteiger partial charge is 0.407 e. The zero-order chi connectivity index (χ0) is 15.0. The van der Waals surface area contributed by atoms with Crippen LogP contribution in [0.4, 0.5) is 13.2 Å². The van der Waals surface area contributed by atoms with E-state index in [2.05, 4.69) is 5.10 Å². The first-order valence-corrected chi connectivity index (χ1v) is 7.33. The molecule has 0 saturated carbocycles. The van der Waals surface area contributed by atoms with Crippen LogP contribution in [0.25, 0.3) is 0 Å². The van der Waals surface area contributed by atoms with Crippen LogP contribution in [0.1, 0.15) is 12.8 Å². The molecule has 1 N–H and O–H groups in total. The molecule has 1 aromatic heterocycles. The average molecular weight is 313 g/mol. The van der Waals surface area contributed by atoms with E-state index in [1.807, 2.05) is 0 Å². The zero-order valence-electron chi connectivity index (χ0n) is 10.6. The molecular weight excluding hydrogens is 299 g/mol. The van der Waals surface area contributed by atoms with Crippen LogP contribution in [-0.4, -0.2) is 43.1 Å². The van der Waals surface area contributed by atoms with E-state index in [1.54, 1.807) is 4.72 Å². The summed E-state index contributed by atoms with van der Waals surface area (Å²) in [6.07, 6.45) is -4.26. The molecule has 0 radical (unpaired) electrons. The standard InChI is InChI=1S/C10H14F3N3O3S/c1-16-5-2-8(14-16)20(17,18)15-9(10(11,12)13)3-6-19-7-4-9/h2,5,15H,3-4,6-7H2,1H3. The van der Waals surface area contributed by atoms with Crippen molar-refractivity contribution in [2.24, 2.45) is 7.05 Å². The van der Waals surface area contributed by atoms with Crippen molar-refractivity contribution in [1.82, 2.24) is 14.5 Å². The third kappa shape index (κ3) is 2.81. The topological polar surface area (TPSA) is 73.2 Å². The van der Waals surface area contributed by atoms with E-state index in [4.69, 9.17) is 4.74 Å². The number of nitrogens with zero attached hydrogens (tertiary/aromatic N) is 2. The van der Waals surface area contributed by atoms with E-state index < -0.39 is 39.6 Å². The van der Waals surface area contributed by atoms with Crippen LogP contribution in [0.5, 0.6) is 0 Å². The molecule has 1 aliphatic rings. The van der Waals surface area contributed by atoms with E-state index in [1.165, 1.54) is 17.9 Å². The first-order valence-electron chi connectivity index (χ1n) is 5.84. The zero-order valence-corrected chi connectivity index (χ0v) is 11.5. The van der Waals surface area contributed by atoms with Crippen molar-refractivity contribution in [2.75, 3.05) is 13.2 Å². The molecule has 0 bridgehead atoms. The van der Waals surface area contributed by atoms with Gasteiger partial charge < -0.3 is 4.74 Å². The second kappa shape index (κ2) is 5.01. The van der Waals surface area contributed by atoms with Crippen molar-refractivity contribution in [2.45, 2.75) is 29.6 Å². The van der Waals surface area contributed by atoms with Gasteiger partial charge in [-0.1, -0.05) is 0 Å². The minimum absolute atomic E-state index is 0.149. The Morgan fingerprint density at radius 2 is 2.00 bits per heavy atom. The number of alkyl halides is 3. The quantitative estimate of drug-likeness (QED) is 0.896. The molecule has 0 amide bonds. The van der Waals surface area contributed by atoms with Crippen LogP contribution in [0, 0.1) is 0 Å². The fraction of sp³-hybridized carbons (Fsp3) is 0.700. The van der Waals surface area contributed by atoms with Crippen LogP contribution >= 0.6 is 0 Å². The molecule has 0 aliphatic carbocycles. The van der Waals surface area contributed by atoms with Crippen molar-refractivity contribution in [3.63, 3.8) is 0 Å². The molecule has 1 saturated heterocycles. The number of rotatable bonds is 3. The van der Waals surface area contributed by atoms with Crippen molar-refractivity contribution in [3.8, 4) is 0 Å². The molecule has 0 unspecified atom stereocenters. The monoisotopic (exact) mass is 313 g/mol. The van der Waals surface area contributed by atoms with E-state index >= 15 is 0 Å². The van der Waals surface area contributed by atoms with Crippen molar-refractivity contribution in [1.29, 1.82) is 0 Å². The molecule has 10 heteroatoms. The number of aryl methyl sites for hydroxylation is 1. The Bertz CT molecular complexity index is 576. The number of halogens is 3. The summed E-state index contributed by atoms with van der Waals surface area (Å²) in [6, 6.07) is 1.14. The Morgan fingerprint density at radius 3 is 2.45 bits per heavy atom. The third-order valence-electron chi connectivity index (χ3n) is 3.18. The minimum atomic E-state index is -4.70. The Kier molecular flexibility index (Phi) is 3.82. The van der Waals surface area contributed by atoms with Gasteiger partial charge in [0.1, 0.15) is 5.54 Å². The number of ether oxygens (including phenoxy) is 1. The molecule has 2 rings (SSSR count). The van der Waals surface area contributed by atoms with Crippen LogP contribution in [0.15, 0.2) is 17.3 Å². The van der Waals surface area contributed by atoms with Gasteiger partial charge in [0, 0.05) is 26.5 Å². The maximum Gasteiger partial charge on any atom is 0.407 e.